The lowest BCUT2D eigenvalue weighted by Crippen LogP contribution is -2.51. The summed E-state index contributed by atoms with van der Waals surface area (Å²) in [5.41, 5.74) is 6.49. The van der Waals surface area contributed by atoms with Gasteiger partial charge in [-0.05, 0) is 36.4 Å². The molecule has 1 aliphatic rings. The number of carbonyl (C=O) groups is 1. The summed E-state index contributed by atoms with van der Waals surface area (Å²) in [6.07, 6.45) is 3.99. The van der Waals surface area contributed by atoms with E-state index in [0.717, 1.165) is 36.2 Å². The summed E-state index contributed by atoms with van der Waals surface area (Å²) in [6.45, 7) is 0.440. The first-order valence-electron chi connectivity index (χ1n) is 8.80. The highest BCUT2D eigenvalue weighted by molar-refractivity contribution is 7.13. The molecule has 2 heterocycles. The van der Waals surface area contributed by atoms with Crippen LogP contribution < -0.4 is 11.1 Å². The number of benzene rings is 1. The first-order valence-corrected chi connectivity index (χ1v) is 9.68. The van der Waals surface area contributed by atoms with Gasteiger partial charge in [-0.15, -0.1) is 16.4 Å². The van der Waals surface area contributed by atoms with Gasteiger partial charge in [0.1, 0.15) is 0 Å². The van der Waals surface area contributed by atoms with Gasteiger partial charge in [0.2, 0.25) is 5.82 Å². The molecule has 0 radical (unpaired) electrons. The SMILES string of the molecule is NCC1(NC(=O)c2nc(-c3cccs3)n(-c3ccccc3)n2)CCCC1. The van der Waals surface area contributed by atoms with Gasteiger partial charge in [0, 0.05) is 6.54 Å². The molecular formula is C19H21N5OS. The van der Waals surface area contributed by atoms with Crippen LogP contribution in [0, 0.1) is 0 Å². The number of aromatic nitrogens is 3. The molecule has 3 N–H and O–H groups in total. The first-order chi connectivity index (χ1) is 12.7. The number of hydrogen-bond acceptors (Lipinski definition) is 5. The van der Waals surface area contributed by atoms with E-state index in [1.165, 1.54) is 0 Å². The van der Waals surface area contributed by atoms with Crippen molar-refractivity contribution in [2.24, 2.45) is 5.73 Å². The number of nitrogens with zero attached hydrogens (tertiary/aromatic N) is 3. The number of thiophene rings is 1. The number of para-hydroxylation sites is 1. The van der Waals surface area contributed by atoms with Crippen LogP contribution in [-0.4, -0.2) is 32.8 Å². The van der Waals surface area contributed by atoms with Gasteiger partial charge in [-0.25, -0.2) is 9.67 Å². The third kappa shape index (κ3) is 3.15. The molecule has 1 aromatic carbocycles. The molecule has 6 nitrogen and oxygen atoms in total. The second kappa shape index (κ2) is 7.01. The topological polar surface area (TPSA) is 85.8 Å². The Bertz CT molecular complexity index is 882. The zero-order valence-electron chi connectivity index (χ0n) is 14.4. The first kappa shape index (κ1) is 16.9. The zero-order valence-corrected chi connectivity index (χ0v) is 15.2. The molecular weight excluding hydrogens is 346 g/mol. The van der Waals surface area contributed by atoms with Crippen molar-refractivity contribution in [1.82, 2.24) is 20.1 Å². The van der Waals surface area contributed by atoms with Crippen molar-refractivity contribution in [2.75, 3.05) is 6.54 Å². The van der Waals surface area contributed by atoms with Crippen LogP contribution in [0.5, 0.6) is 0 Å². The quantitative estimate of drug-likeness (QED) is 0.726. The molecule has 1 fully saturated rings. The van der Waals surface area contributed by atoms with Gasteiger partial charge < -0.3 is 11.1 Å². The third-order valence-electron chi connectivity index (χ3n) is 4.88. The van der Waals surface area contributed by atoms with E-state index in [0.29, 0.717) is 12.4 Å². The molecule has 0 aliphatic heterocycles. The van der Waals surface area contributed by atoms with Gasteiger partial charge in [-0.1, -0.05) is 37.1 Å². The normalized spacial score (nSPS) is 15.9. The molecule has 0 unspecified atom stereocenters. The van der Waals surface area contributed by atoms with Gasteiger partial charge in [0.05, 0.1) is 16.1 Å². The molecule has 134 valence electrons. The number of nitrogens with two attached hydrogens (primary N) is 1. The van der Waals surface area contributed by atoms with E-state index >= 15 is 0 Å². The Labute approximate surface area is 156 Å². The minimum atomic E-state index is -0.321. The van der Waals surface area contributed by atoms with E-state index in [4.69, 9.17) is 5.73 Å². The summed E-state index contributed by atoms with van der Waals surface area (Å²) in [5, 5.41) is 9.59. The number of hydrogen-bond donors (Lipinski definition) is 2. The Hall–Kier alpha value is -2.51. The predicted octanol–water partition coefficient (Wildman–Crippen LogP) is 3.00. The van der Waals surface area contributed by atoms with Crippen LogP contribution in [0.1, 0.15) is 36.3 Å². The van der Waals surface area contributed by atoms with Crippen LogP contribution in [-0.2, 0) is 0 Å². The van der Waals surface area contributed by atoms with Crippen LogP contribution in [0.15, 0.2) is 47.8 Å². The maximum absolute atomic E-state index is 12.8. The van der Waals surface area contributed by atoms with Crippen molar-refractivity contribution in [1.29, 1.82) is 0 Å². The summed E-state index contributed by atoms with van der Waals surface area (Å²) < 4.78 is 1.73. The van der Waals surface area contributed by atoms with Crippen molar-refractivity contribution in [3.05, 3.63) is 53.7 Å². The maximum Gasteiger partial charge on any atom is 0.291 e. The Morgan fingerprint density at radius 2 is 1.96 bits per heavy atom. The molecule has 4 rings (SSSR count). The van der Waals surface area contributed by atoms with Crippen molar-refractivity contribution >= 4 is 17.2 Å². The van der Waals surface area contributed by atoms with Gasteiger partial charge >= 0.3 is 0 Å². The summed E-state index contributed by atoms with van der Waals surface area (Å²) in [6, 6.07) is 13.7. The van der Waals surface area contributed by atoms with E-state index in [2.05, 4.69) is 15.4 Å². The number of rotatable bonds is 5. The van der Waals surface area contributed by atoms with Crippen LogP contribution in [0.2, 0.25) is 0 Å². The molecule has 1 saturated carbocycles. The van der Waals surface area contributed by atoms with E-state index in [-0.39, 0.29) is 17.3 Å². The molecule has 3 aromatic rings. The van der Waals surface area contributed by atoms with E-state index in [9.17, 15) is 4.79 Å². The van der Waals surface area contributed by atoms with E-state index in [1.807, 2.05) is 47.8 Å². The second-order valence-corrected chi connectivity index (χ2v) is 7.58. The average Bonchev–Trinajstić information content (AvgIpc) is 3.42. The molecule has 0 saturated heterocycles. The largest absolute Gasteiger partial charge is 0.343 e. The lowest BCUT2D eigenvalue weighted by Gasteiger charge is -2.27. The Balaban J connectivity index is 1.70. The molecule has 0 spiro atoms. The fraction of sp³-hybridized carbons (Fsp3) is 0.316. The smallest absolute Gasteiger partial charge is 0.291 e. The molecule has 2 aromatic heterocycles. The molecule has 0 bridgehead atoms. The summed E-state index contributed by atoms with van der Waals surface area (Å²) >= 11 is 1.57. The number of carbonyl (C=O) groups excluding carboxylic acids is 1. The highest BCUT2D eigenvalue weighted by Crippen LogP contribution is 2.29. The molecule has 7 heteroatoms. The van der Waals surface area contributed by atoms with Crippen LogP contribution in [0.3, 0.4) is 0 Å². The van der Waals surface area contributed by atoms with E-state index < -0.39 is 0 Å². The lowest BCUT2D eigenvalue weighted by atomic mass is 9.98. The van der Waals surface area contributed by atoms with Crippen molar-refractivity contribution in [3.63, 3.8) is 0 Å². The summed E-state index contributed by atoms with van der Waals surface area (Å²) in [4.78, 5) is 18.3. The standard InChI is InChI=1S/C19H21N5OS/c20-13-19(10-4-5-11-19)22-18(25)16-21-17(15-9-6-12-26-15)24(23-16)14-7-2-1-3-8-14/h1-3,6-9,12H,4-5,10-11,13,20H2,(H,22,25). The van der Waals surface area contributed by atoms with Gasteiger partial charge in [0.15, 0.2) is 5.82 Å². The van der Waals surface area contributed by atoms with E-state index in [1.54, 1.807) is 16.0 Å². The van der Waals surface area contributed by atoms with Crippen molar-refractivity contribution in [3.8, 4) is 16.4 Å². The Morgan fingerprint density at radius 1 is 1.19 bits per heavy atom. The summed E-state index contributed by atoms with van der Waals surface area (Å²) in [7, 11) is 0. The average molecular weight is 367 g/mol. The van der Waals surface area contributed by atoms with Crippen LogP contribution in [0.4, 0.5) is 0 Å². The fourth-order valence-electron chi connectivity index (χ4n) is 3.45. The lowest BCUT2D eigenvalue weighted by molar-refractivity contribution is 0.0892. The highest BCUT2D eigenvalue weighted by Gasteiger charge is 2.35. The third-order valence-corrected chi connectivity index (χ3v) is 5.75. The van der Waals surface area contributed by atoms with Crippen LogP contribution in [0.25, 0.3) is 16.4 Å². The predicted molar refractivity (Wildman–Crippen MR) is 102 cm³/mol. The fourth-order valence-corrected chi connectivity index (χ4v) is 4.15. The molecule has 26 heavy (non-hydrogen) atoms. The Kier molecular flexibility index (Phi) is 4.57. The van der Waals surface area contributed by atoms with Crippen molar-refractivity contribution < 1.29 is 4.79 Å². The van der Waals surface area contributed by atoms with Crippen LogP contribution >= 0.6 is 11.3 Å². The number of nitrogens with one attached hydrogen (secondary N) is 1. The monoisotopic (exact) mass is 367 g/mol. The van der Waals surface area contributed by atoms with Gasteiger partial charge in [-0.3, -0.25) is 4.79 Å². The van der Waals surface area contributed by atoms with Gasteiger partial charge in [0.25, 0.3) is 5.91 Å². The highest BCUT2D eigenvalue weighted by atomic mass is 32.1. The zero-order chi connectivity index (χ0) is 18.0. The molecule has 0 atom stereocenters. The molecule has 1 amide bonds. The second-order valence-electron chi connectivity index (χ2n) is 6.63. The van der Waals surface area contributed by atoms with Gasteiger partial charge in [-0.2, -0.15) is 0 Å². The van der Waals surface area contributed by atoms with Crippen molar-refractivity contribution in [2.45, 2.75) is 31.2 Å². The maximum atomic E-state index is 12.8. The minimum Gasteiger partial charge on any atom is -0.343 e. The minimum absolute atomic E-state index is 0.178. The number of amides is 1. The molecule has 1 aliphatic carbocycles. The Morgan fingerprint density at radius 3 is 2.62 bits per heavy atom. The summed E-state index contributed by atoms with van der Waals surface area (Å²) in [5.74, 6) is 0.589.